The van der Waals surface area contributed by atoms with Gasteiger partial charge in [-0.1, -0.05) is 0 Å². The molecule has 0 spiro atoms. The maximum Gasteiger partial charge on any atom is 0.287 e. The lowest BCUT2D eigenvalue weighted by Crippen LogP contribution is -2.50. The van der Waals surface area contributed by atoms with Crippen molar-refractivity contribution in [3.63, 3.8) is 0 Å². The lowest BCUT2D eigenvalue weighted by atomic mass is 10.1. The van der Waals surface area contributed by atoms with Crippen molar-refractivity contribution in [1.82, 2.24) is 26.2 Å². The lowest BCUT2D eigenvalue weighted by Gasteiger charge is -2.32. The second-order valence-electron chi connectivity index (χ2n) is 6.91. The van der Waals surface area contributed by atoms with E-state index >= 15 is 0 Å². The summed E-state index contributed by atoms with van der Waals surface area (Å²) in [6.07, 6.45) is 4.23. The standard InChI is InChI=1S/C19H32N6O3.HI/c1-14-7-12-28-17(14)18(27)22-8-4-9-23-19(21-3)24-15-5-10-25(11-6-15)13-16(26)20-2;/h7,12,15H,4-6,8-11,13H2,1-3H3,(H,20,26)(H,22,27)(H2,21,23,24);1H. The van der Waals surface area contributed by atoms with Gasteiger partial charge in [-0.15, -0.1) is 24.0 Å². The summed E-state index contributed by atoms with van der Waals surface area (Å²) in [4.78, 5) is 29.8. The summed E-state index contributed by atoms with van der Waals surface area (Å²) in [6.45, 7) is 5.34. The summed E-state index contributed by atoms with van der Waals surface area (Å²) in [5.41, 5.74) is 0.835. The Morgan fingerprint density at radius 2 is 1.93 bits per heavy atom. The van der Waals surface area contributed by atoms with Crippen LogP contribution in [0.4, 0.5) is 0 Å². The number of nitrogens with zero attached hydrogens (tertiary/aromatic N) is 2. The topological polar surface area (TPSA) is 111 Å². The van der Waals surface area contributed by atoms with E-state index in [0.717, 1.165) is 43.9 Å². The average Bonchev–Trinajstić information content (AvgIpc) is 3.13. The third-order valence-corrected chi connectivity index (χ3v) is 4.80. The zero-order valence-electron chi connectivity index (χ0n) is 17.4. The molecule has 1 aliphatic heterocycles. The second kappa shape index (κ2) is 13.4. The molecule has 0 bridgehead atoms. The number of amides is 2. The van der Waals surface area contributed by atoms with Gasteiger partial charge in [0.1, 0.15) is 0 Å². The number of likely N-dealkylation sites (tertiary alicyclic amines) is 1. The minimum Gasteiger partial charge on any atom is -0.459 e. The molecule has 2 amide bonds. The van der Waals surface area contributed by atoms with Crippen molar-refractivity contribution < 1.29 is 14.0 Å². The SMILES string of the molecule is CN=C(NCCCNC(=O)c1occc1C)NC1CCN(CC(=O)NC)CC1.I. The number of piperidine rings is 1. The van der Waals surface area contributed by atoms with Crippen LogP contribution >= 0.6 is 24.0 Å². The van der Waals surface area contributed by atoms with Gasteiger partial charge >= 0.3 is 0 Å². The molecule has 0 atom stereocenters. The number of hydrogen-bond acceptors (Lipinski definition) is 5. The molecule has 4 N–H and O–H groups in total. The Morgan fingerprint density at radius 3 is 2.52 bits per heavy atom. The van der Waals surface area contributed by atoms with Crippen LogP contribution in [0.25, 0.3) is 0 Å². The first-order chi connectivity index (χ1) is 13.5. The highest BCUT2D eigenvalue weighted by molar-refractivity contribution is 14.0. The number of nitrogens with one attached hydrogen (secondary N) is 4. The Balaban J connectivity index is 0.00000420. The van der Waals surface area contributed by atoms with Crippen LogP contribution in [0.3, 0.4) is 0 Å². The fraction of sp³-hybridized carbons (Fsp3) is 0.632. The molecule has 10 heteroatoms. The summed E-state index contributed by atoms with van der Waals surface area (Å²) in [5.74, 6) is 0.998. The number of guanidine groups is 1. The number of likely N-dealkylation sites (N-methyl/N-ethyl adjacent to an activating group) is 1. The number of hydrogen-bond donors (Lipinski definition) is 4. The summed E-state index contributed by atoms with van der Waals surface area (Å²) in [5, 5.41) is 12.2. The summed E-state index contributed by atoms with van der Waals surface area (Å²) >= 11 is 0. The Morgan fingerprint density at radius 1 is 1.24 bits per heavy atom. The van der Waals surface area contributed by atoms with Crippen molar-refractivity contribution in [2.45, 2.75) is 32.2 Å². The van der Waals surface area contributed by atoms with Gasteiger partial charge in [0.15, 0.2) is 11.7 Å². The Hall–Kier alpha value is -1.82. The first kappa shape index (κ1) is 25.2. The summed E-state index contributed by atoms with van der Waals surface area (Å²) < 4.78 is 5.18. The first-order valence-corrected chi connectivity index (χ1v) is 9.76. The van der Waals surface area contributed by atoms with Crippen LogP contribution in [0.1, 0.15) is 35.4 Å². The van der Waals surface area contributed by atoms with E-state index in [4.69, 9.17) is 4.42 Å². The number of aliphatic imine (C=N–C) groups is 1. The minimum absolute atomic E-state index is 0. The van der Waals surface area contributed by atoms with Crippen molar-refractivity contribution in [2.75, 3.05) is 46.8 Å². The molecule has 0 unspecified atom stereocenters. The van der Waals surface area contributed by atoms with E-state index in [1.165, 1.54) is 6.26 Å². The Bertz CT molecular complexity index is 671. The van der Waals surface area contributed by atoms with E-state index in [9.17, 15) is 9.59 Å². The number of aryl methyl sites for hydroxylation is 1. The third-order valence-electron chi connectivity index (χ3n) is 4.80. The molecule has 1 saturated heterocycles. The molecule has 2 heterocycles. The van der Waals surface area contributed by atoms with Gasteiger partial charge in [0, 0.05) is 51.9 Å². The quantitative estimate of drug-likeness (QED) is 0.174. The Kier molecular flexibility index (Phi) is 11.7. The largest absolute Gasteiger partial charge is 0.459 e. The van der Waals surface area contributed by atoms with Crippen LogP contribution in [0.15, 0.2) is 21.7 Å². The molecule has 1 fully saturated rings. The highest BCUT2D eigenvalue weighted by Crippen LogP contribution is 2.10. The van der Waals surface area contributed by atoms with E-state index in [0.29, 0.717) is 31.4 Å². The van der Waals surface area contributed by atoms with Gasteiger partial charge < -0.3 is 25.7 Å². The second-order valence-corrected chi connectivity index (χ2v) is 6.91. The van der Waals surface area contributed by atoms with Gasteiger partial charge in [-0.2, -0.15) is 0 Å². The van der Waals surface area contributed by atoms with Gasteiger partial charge in [-0.3, -0.25) is 19.5 Å². The van der Waals surface area contributed by atoms with Gasteiger partial charge in [0.2, 0.25) is 5.91 Å². The molecule has 2 rings (SSSR count). The molecule has 0 aromatic carbocycles. The predicted octanol–water partition coefficient (Wildman–Crippen LogP) is 0.701. The number of furan rings is 1. The molecule has 1 aromatic heterocycles. The lowest BCUT2D eigenvalue weighted by molar-refractivity contribution is -0.122. The molecule has 0 aliphatic carbocycles. The van der Waals surface area contributed by atoms with Gasteiger partial charge in [0.05, 0.1) is 12.8 Å². The highest BCUT2D eigenvalue weighted by atomic mass is 127. The van der Waals surface area contributed by atoms with Gasteiger partial charge in [0.25, 0.3) is 5.91 Å². The molecule has 0 saturated carbocycles. The van der Waals surface area contributed by atoms with E-state index < -0.39 is 0 Å². The predicted molar refractivity (Wildman–Crippen MR) is 124 cm³/mol. The fourth-order valence-corrected chi connectivity index (χ4v) is 3.09. The van der Waals surface area contributed by atoms with Crippen LogP contribution in [0.5, 0.6) is 0 Å². The highest BCUT2D eigenvalue weighted by Gasteiger charge is 2.21. The average molecular weight is 520 g/mol. The third kappa shape index (κ3) is 8.60. The fourth-order valence-electron chi connectivity index (χ4n) is 3.09. The summed E-state index contributed by atoms with van der Waals surface area (Å²) in [7, 11) is 3.41. The van der Waals surface area contributed by atoms with Crippen LogP contribution in [-0.4, -0.2) is 75.5 Å². The molecule has 164 valence electrons. The van der Waals surface area contributed by atoms with Crippen molar-refractivity contribution in [2.24, 2.45) is 4.99 Å². The molecule has 1 aliphatic rings. The zero-order valence-corrected chi connectivity index (χ0v) is 19.7. The van der Waals surface area contributed by atoms with Crippen LogP contribution in [0.2, 0.25) is 0 Å². The monoisotopic (exact) mass is 520 g/mol. The van der Waals surface area contributed by atoms with E-state index in [1.54, 1.807) is 20.2 Å². The molecule has 1 aromatic rings. The van der Waals surface area contributed by atoms with E-state index in [2.05, 4.69) is 31.2 Å². The maximum atomic E-state index is 12.0. The van der Waals surface area contributed by atoms with Crippen molar-refractivity contribution in [3.8, 4) is 0 Å². The van der Waals surface area contributed by atoms with Gasteiger partial charge in [-0.05, 0) is 32.3 Å². The van der Waals surface area contributed by atoms with Crippen molar-refractivity contribution in [1.29, 1.82) is 0 Å². The summed E-state index contributed by atoms with van der Waals surface area (Å²) in [6, 6.07) is 2.11. The van der Waals surface area contributed by atoms with Crippen LogP contribution < -0.4 is 21.3 Å². The molecular formula is C19H33IN6O3. The Labute approximate surface area is 189 Å². The molecule has 9 nitrogen and oxygen atoms in total. The molecule has 0 radical (unpaired) electrons. The van der Waals surface area contributed by atoms with E-state index in [1.807, 2.05) is 6.92 Å². The number of carbonyl (C=O) groups is 2. The van der Waals surface area contributed by atoms with E-state index in [-0.39, 0.29) is 35.8 Å². The minimum atomic E-state index is -0.187. The van der Waals surface area contributed by atoms with Gasteiger partial charge in [-0.25, -0.2) is 0 Å². The first-order valence-electron chi connectivity index (χ1n) is 9.76. The van der Waals surface area contributed by atoms with Crippen molar-refractivity contribution >= 4 is 41.8 Å². The maximum absolute atomic E-state index is 12.0. The van der Waals surface area contributed by atoms with Crippen LogP contribution in [-0.2, 0) is 4.79 Å². The van der Waals surface area contributed by atoms with Crippen LogP contribution in [0, 0.1) is 6.92 Å². The van der Waals surface area contributed by atoms with Crippen molar-refractivity contribution in [3.05, 3.63) is 23.7 Å². The zero-order chi connectivity index (χ0) is 20.4. The molecule has 29 heavy (non-hydrogen) atoms. The number of halogens is 1. The number of rotatable bonds is 8. The normalized spacial score (nSPS) is 15.3. The smallest absolute Gasteiger partial charge is 0.287 e. The molecular weight excluding hydrogens is 487 g/mol. The number of carbonyl (C=O) groups excluding carboxylic acids is 2.